The average molecular weight is 599 g/mol. The van der Waals surface area contributed by atoms with E-state index in [9.17, 15) is 39.0 Å². The first-order valence-corrected chi connectivity index (χ1v) is 13.6. The fraction of sp³-hybridized carbons (Fsp3) is 0.455. The van der Waals surface area contributed by atoms with E-state index in [1.165, 1.54) is 31.2 Å². The molecule has 1 aromatic heterocycles. The second kappa shape index (κ2) is 13.2. The molecule has 0 spiro atoms. The fourth-order valence-electron chi connectivity index (χ4n) is 3.87. The molecule has 1 fully saturated rings. The third-order valence-corrected chi connectivity index (χ3v) is 7.69. The van der Waals surface area contributed by atoms with Crippen molar-refractivity contribution < 1.29 is 48.6 Å². The number of nitrogens with one attached hydrogen (secondary N) is 2. The van der Waals surface area contributed by atoms with Gasteiger partial charge in [-0.3, -0.25) is 24.1 Å². The molecular formula is C22H26N6O10S2. The Morgan fingerprint density at radius 3 is 2.60 bits per heavy atom. The number of anilines is 1. The maximum atomic E-state index is 12.7. The van der Waals surface area contributed by atoms with Crippen molar-refractivity contribution in [2.45, 2.75) is 43.6 Å². The highest BCUT2D eigenvalue weighted by Gasteiger charge is 2.54. The molecule has 0 aliphatic carbocycles. The Hall–Kier alpha value is -4.19. The van der Waals surface area contributed by atoms with Gasteiger partial charge in [0.2, 0.25) is 5.91 Å². The second-order valence-corrected chi connectivity index (χ2v) is 10.4. The number of β-lactam (4-membered cyclic amide) rings is 1. The summed E-state index contributed by atoms with van der Waals surface area (Å²) in [6, 6.07) is -2.34. The van der Waals surface area contributed by atoms with Crippen LogP contribution in [0.25, 0.3) is 0 Å². The zero-order chi connectivity index (χ0) is 29.6. The fourth-order valence-corrected chi connectivity index (χ4v) is 5.75. The molecule has 16 nitrogen and oxygen atoms in total. The lowest BCUT2D eigenvalue weighted by molar-refractivity contribution is -0.151. The molecule has 216 valence electrons. The van der Waals surface area contributed by atoms with E-state index in [1.54, 1.807) is 0 Å². The average Bonchev–Trinajstić information content (AvgIpc) is 3.33. The van der Waals surface area contributed by atoms with Crippen molar-refractivity contribution in [2.75, 3.05) is 25.2 Å². The molecule has 0 bridgehead atoms. The van der Waals surface area contributed by atoms with E-state index in [1.807, 2.05) is 0 Å². The highest BCUT2D eigenvalue weighted by Crippen LogP contribution is 2.40. The number of thioether (sulfide) groups is 1. The number of carboxylic acid groups (broad SMARTS) is 2. The molecule has 1 saturated heterocycles. The van der Waals surface area contributed by atoms with E-state index < -0.39 is 53.1 Å². The number of amides is 3. The van der Waals surface area contributed by atoms with Crippen LogP contribution in [0.2, 0.25) is 0 Å². The Kier molecular flexibility index (Phi) is 10.1. The quantitative estimate of drug-likeness (QED) is 0.0803. The van der Waals surface area contributed by atoms with Gasteiger partial charge in [0.1, 0.15) is 42.6 Å². The summed E-state index contributed by atoms with van der Waals surface area (Å²) >= 11 is 2.27. The Labute approximate surface area is 234 Å². The van der Waals surface area contributed by atoms with Crippen LogP contribution in [0, 0.1) is 0 Å². The number of oxime groups is 1. The van der Waals surface area contributed by atoms with Crippen molar-refractivity contribution in [2.24, 2.45) is 5.16 Å². The van der Waals surface area contributed by atoms with Gasteiger partial charge in [-0.25, -0.2) is 14.6 Å². The Morgan fingerprint density at radius 1 is 1.30 bits per heavy atom. The van der Waals surface area contributed by atoms with Crippen molar-refractivity contribution in [1.82, 2.24) is 20.5 Å². The molecule has 3 amide bonds. The topological polar surface area (TPSA) is 240 Å². The van der Waals surface area contributed by atoms with Crippen LogP contribution in [0.4, 0.5) is 5.13 Å². The molecule has 18 heteroatoms. The number of carboxylic acids is 2. The third kappa shape index (κ3) is 7.06. The molecule has 3 rings (SSSR count). The molecule has 40 heavy (non-hydrogen) atoms. The first-order chi connectivity index (χ1) is 18.9. The van der Waals surface area contributed by atoms with Gasteiger partial charge in [0.15, 0.2) is 10.8 Å². The molecule has 2 aliphatic heterocycles. The third-order valence-electron chi connectivity index (χ3n) is 5.68. The standard InChI is InChI=1S/C22H26N6O10S2/c1-9(29)38-6-10-7-39-19-15(18(32)28(19)16(10)21(35)36)26-13(30)5-3-4-11(20(33)34)24-17(31)14(27-37-2)12-8-40-22(23)25-12/h8,11,15,19H,3-7H2,1-2H3,(H2,23,25)(H,24,31)(H,26,30)(H,33,34)(H,35,36)/b27-14-/t11-,15-,19-/m1/s1. The number of aromatic nitrogens is 1. The van der Waals surface area contributed by atoms with Crippen LogP contribution in [0.5, 0.6) is 0 Å². The highest BCUT2D eigenvalue weighted by molar-refractivity contribution is 8.00. The molecule has 0 saturated carbocycles. The van der Waals surface area contributed by atoms with E-state index in [0.29, 0.717) is 0 Å². The number of hydrogen-bond donors (Lipinski definition) is 5. The number of ether oxygens (including phenoxy) is 1. The second-order valence-electron chi connectivity index (χ2n) is 8.44. The zero-order valence-corrected chi connectivity index (χ0v) is 22.9. The van der Waals surface area contributed by atoms with E-state index in [2.05, 4.69) is 25.6 Å². The molecular weight excluding hydrogens is 572 g/mol. The molecule has 6 N–H and O–H groups in total. The van der Waals surface area contributed by atoms with Gasteiger partial charge in [-0.2, -0.15) is 0 Å². The lowest BCUT2D eigenvalue weighted by atomic mass is 10.0. The first-order valence-electron chi connectivity index (χ1n) is 11.6. The van der Waals surface area contributed by atoms with Crippen molar-refractivity contribution in [3.8, 4) is 0 Å². The molecule has 0 aromatic carbocycles. The minimum absolute atomic E-state index is 0.0404. The zero-order valence-electron chi connectivity index (χ0n) is 21.2. The summed E-state index contributed by atoms with van der Waals surface area (Å²) in [4.78, 5) is 82.1. The number of hydrogen-bond acceptors (Lipinski definition) is 13. The molecule has 1 aromatic rings. The number of fused-ring (bicyclic) bond motifs is 1. The van der Waals surface area contributed by atoms with Gasteiger partial charge >= 0.3 is 17.9 Å². The number of nitrogens with two attached hydrogens (primary N) is 1. The predicted octanol–water partition coefficient (Wildman–Crippen LogP) is -0.883. The van der Waals surface area contributed by atoms with Gasteiger partial charge in [0.05, 0.1) is 0 Å². The number of carbonyl (C=O) groups is 6. The first kappa shape index (κ1) is 30.4. The number of carbonyl (C=O) groups excluding carboxylic acids is 4. The van der Waals surface area contributed by atoms with Crippen LogP contribution in [0.15, 0.2) is 21.8 Å². The maximum absolute atomic E-state index is 12.7. The van der Waals surface area contributed by atoms with Crippen molar-refractivity contribution in [1.29, 1.82) is 0 Å². The predicted molar refractivity (Wildman–Crippen MR) is 140 cm³/mol. The summed E-state index contributed by atoms with van der Waals surface area (Å²) < 4.78 is 4.88. The summed E-state index contributed by atoms with van der Waals surface area (Å²) in [5.74, 6) is -5.17. The minimum atomic E-state index is -1.37. The lowest BCUT2D eigenvalue weighted by Crippen LogP contribution is -2.70. The lowest BCUT2D eigenvalue weighted by Gasteiger charge is -2.49. The molecule has 3 atom stereocenters. The maximum Gasteiger partial charge on any atom is 0.352 e. The number of aliphatic carboxylic acids is 2. The molecule has 2 aliphatic rings. The molecule has 0 unspecified atom stereocenters. The monoisotopic (exact) mass is 598 g/mol. The number of nitrogens with zero attached hydrogens (tertiary/aromatic N) is 3. The van der Waals surface area contributed by atoms with Crippen LogP contribution in [0.1, 0.15) is 31.9 Å². The van der Waals surface area contributed by atoms with E-state index in [0.717, 1.165) is 16.2 Å². The highest BCUT2D eigenvalue weighted by atomic mass is 32.2. The van der Waals surface area contributed by atoms with Gasteiger partial charge in [0, 0.05) is 30.1 Å². The van der Waals surface area contributed by atoms with Gasteiger partial charge in [-0.1, -0.05) is 5.16 Å². The van der Waals surface area contributed by atoms with Gasteiger partial charge in [-0.05, 0) is 12.8 Å². The van der Waals surface area contributed by atoms with E-state index in [-0.39, 0.29) is 59.4 Å². The molecule has 3 heterocycles. The summed E-state index contributed by atoms with van der Waals surface area (Å²) in [6.45, 7) is 0.911. The molecule has 0 radical (unpaired) electrons. The van der Waals surface area contributed by atoms with Gasteiger partial charge < -0.3 is 36.2 Å². The number of nitrogen functional groups attached to an aromatic ring is 1. The summed E-state index contributed by atoms with van der Waals surface area (Å²) in [7, 11) is 1.20. The Bertz CT molecular complexity index is 1280. The van der Waals surface area contributed by atoms with Crippen LogP contribution >= 0.6 is 23.1 Å². The van der Waals surface area contributed by atoms with Crippen LogP contribution < -0.4 is 16.4 Å². The summed E-state index contributed by atoms with van der Waals surface area (Å²) in [5, 5.41) is 28.6. The normalized spacial score (nSPS) is 19.2. The number of thiazole rings is 1. The van der Waals surface area contributed by atoms with Crippen LogP contribution in [0.3, 0.4) is 0 Å². The van der Waals surface area contributed by atoms with Crippen molar-refractivity contribution >= 4 is 69.6 Å². The van der Waals surface area contributed by atoms with Crippen molar-refractivity contribution in [3.05, 3.63) is 22.3 Å². The Balaban J connectivity index is 1.54. The van der Waals surface area contributed by atoms with Crippen LogP contribution in [-0.2, 0) is 38.3 Å². The summed E-state index contributed by atoms with van der Waals surface area (Å²) in [5.41, 5.74) is 5.39. The number of rotatable bonds is 13. The van der Waals surface area contributed by atoms with E-state index >= 15 is 0 Å². The Morgan fingerprint density at radius 2 is 2.02 bits per heavy atom. The van der Waals surface area contributed by atoms with Gasteiger partial charge in [0.25, 0.3) is 11.8 Å². The largest absolute Gasteiger partial charge is 0.480 e. The van der Waals surface area contributed by atoms with Crippen LogP contribution in [-0.4, -0.2) is 98.4 Å². The van der Waals surface area contributed by atoms with E-state index in [4.69, 9.17) is 10.5 Å². The smallest absolute Gasteiger partial charge is 0.352 e. The van der Waals surface area contributed by atoms with Gasteiger partial charge in [-0.15, -0.1) is 23.1 Å². The SMILES string of the molecule is CO/N=C(\C(=O)N[C@H](CCCC(=O)N[C@@H]1C(=O)N2C(C(=O)O)=C(COC(C)=O)CS[C@H]12)C(=O)O)c1csc(N)n1. The van der Waals surface area contributed by atoms with Crippen molar-refractivity contribution in [3.63, 3.8) is 0 Å². The minimum Gasteiger partial charge on any atom is -0.480 e. The summed E-state index contributed by atoms with van der Waals surface area (Å²) in [6.07, 6.45) is -0.247. The number of esters is 1.